The van der Waals surface area contributed by atoms with E-state index in [9.17, 15) is 9.59 Å². The van der Waals surface area contributed by atoms with Gasteiger partial charge >= 0.3 is 12.2 Å². The quantitative estimate of drug-likeness (QED) is 0.491. The Hall–Kier alpha value is -2.45. The molecule has 1 aromatic heterocycles. The summed E-state index contributed by atoms with van der Waals surface area (Å²) in [6, 6.07) is 13.0. The van der Waals surface area contributed by atoms with Crippen LogP contribution in [0, 0.1) is 0 Å². The van der Waals surface area contributed by atoms with Crippen LogP contribution in [-0.4, -0.2) is 28.4 Å². The summed E-state index contributed by atoms with van der Waals surface area (Å²) in [6.45, 7) is 10.9. The van der Waals surface area contributed by atoms with Crippen molar-refractivity contribution >= 4 is 33.9 Å². The first kappa shape index (κ1) is 24.8. The minimum atomic E-state index is -0.868. The Morgan fingerprint density at radius 1 is 0.871 bits per heavy atom. The van der Waals surface area contributed by atoms with E-state index in [0.29, 0.717) is 16.8 Å². The van der Waals surface area contributed by atoms with E-state index in [1.807, 2.05) is 30.3 Å². The van der Waals surface area contributed by atoms with Gasteiger partial charge in [0.05, 0.1) is 18.9 Å². The van der Waals surface area contributed by atoms with Crippen molar-refractivity contribution in [2.45, 2.75) is 66.0 Å². The van der Waals surface area contributed by atoms with Gasteiger partial charge in [-0.1, -0.05) is 30.3 Å². The Morgan fingerprint density at radius 3 is 1.94 bits per heavy atom. The second kappa shape index (κ2) is 10.2. The topological polar surface area (TPSA) is 78.0 Å². The summed E-state index contributed by atoms with van der Waals surface area (Å²) in [7, 11) is 0. The number of ether oxygens (including phenoxy) is 3. The van der Waals surface area contributed by atoms with Crippen LogP contribution in [0.3, 0.4) is 0 Å². The molecule has 0 bridgehead atoms. The summed E-state index contributed by atoms with van der Waals surface area (Å²) < 4.78 is 17.3. The molecule has 7 nitrogen and oxygen atoms in total. The van der Waals surface area contributed by atoms with E-state index in [2.05, 4.69) is 20.9 Å². The van der Waals surface area contributed by atoms with Gasteiger partial charge in [0.1, 0.15) is 17.0 Å². The number of hydrogen-bond donors (Lipinski definition) is 0. The van der Waals surface area contributed by atoms with Crippen LogP contribution in [0.15, 0.2) is 46.9 Å². The summed E-state index contributed by atoms with van der Waals surface area (Å²) in [6.07, 6.45) is -1.74. The van der Waals surface area contributed by atoms with Crippen molar-refractivity contribution in [1.82, 2.24) is 4.98 Å². The molecule has 1 aromatic carbocycles. The van der Waals surface area contributed by atoms with Crippen LogP contribution in [0.25, 0.3) is 0 Å². The smallest absolute Gasteiger partial charge is 0.425 e. The molecule has 0 atom stereocenters. The van der Waals surface area contributed by atoms with Gasteiger partial charge in [-0.2, -0.15) is 4.90 Å². The highest BCUT2D eigenvalue weighted by molar-refractivity contribution is 9.10. The Labute approximate surface area is 191 Å². The second-order valence-electron chi connectivity index (χ2n) is 8.87. The van der Waals surface area contributed by atoms with Gasteiger partial charge in [0.15, 0.2) is 0 Å². The summed E-state index contributed by atoms with van der Waals surface area (Å²) in [4.78, 5) is 30.9. The van der Waals surface area contributed by atoms with Crippen molar-refractivity contribution < 1.29 is 23.8 Å². The van der Waals surface area contributed by atoms with Gasteiger partial charge < -0.3 is 14.2 Å². The van der Waals surface area contributed by atoms with Crippen LogP contribution in [0.5, 0.6) is 0 Å². The molecule has 0 fully saturated rings. The minimum Gasteiger partial charge on any atom is -0.443 e. The number of anilines is 1. The van der Waals surface area contributed by atoms with Crippen molar-refractivity contribution in [2.24, 2.45) is 0 Å². The molecule has 2 rings (SSSR count). The Morgan fingerprint density at radius 2 is 1.42 bits per heavy atom. The van der Waals surface area contributed by atoms with E-state index in [0.717, 1.165) is 10.5 Å². The summed E-state index contributed by atoms with van der Waals surface area (Å²) in [5.41, 5.74) is -0.0349. The van der Waals surface area contributed by atoms with Crippen molar-refractivity contribution in [3.8, 4) is 0 Å². The molecule has 0 spiro atoms. The molecule has 0 radical (unpaired) electrons. The molecule has 2 aromatic rings. The van der Waals surface area contributed by atoms with Crippen LogP contribution >= 0.6 is 15.9 Å². The van der Waals surface area contributed by atoms with Crippen LogP contribution in [0.2, 0.25) is 0 Å². The number of carbonyl (C=O) groups excluding carboxylic acids is 2. The first-order valence-electron chi connectivity index (χ1n) is 9.89. The lowest BCUT2D eigenvalue weighted by Crippen LogP contribution is -2.44. The molecular weight excluding hydrogens is 464 g/mol. The standard InChI is InChI=1S/C23H29BrN2O5/c1-22(2,3)30-20(27)26(21(28)31-23(4,5)6)19-13-12-17(24)18(25-19)15-29-14-16-10-8-7-9-11-16/h7-13H,14-15H2,1-6H3. The highest BCUT2D eigenvalue weighted by Gasteiger charge is 2.33. The van der Waals surface area contributed by atoms with Gasteiger partial charge in [0.25, 0.3) is 0 Å². The lowest BCUT2D eigenvalue weighted by molar-refractivity contribution is 0.0428. The molecule has 0 aliphatic carbocycles. The summed E-state index contributed by atoms with van der Waals surface area (Å²) in [5.74, 6) is 0.0880. The van der Waals surface area contributed by atoms with Crippen molar-refractivity contribution in [1.29, 1.82) is 0 Å². The first-order chi connectivity index (χ1) is 14.4. The molecule has 0 aliphatic heterocycles. The van der Waals surface area contributed by atoms with E-state index >= 15 is 0 Å². The lowest BCUT2D eigenvalue weighted by atomic mass is 10.2. The third-order valence-electron chi connectivity index (χ3n) is 3.64. The maximum atomic E-state index is 12.8. The average Bonchev–Trinajstić information content (AvgIpc) is 2.62. The van der Waals surface area contributed by atoms with Gasteiger partial charge in [-0.05, 0) is 75.2 Å². The van der Waals surface area contributed by atoms with E-state index in [1.165, 1.54) is 0 Å². The van der Waals surface area contributed by atoms with Crippen molar-refractivity contribution in [2.75, 3.05) is 4.90 Å². The van der Waals surface area contributed by atoms with Crippen molar-refractivity contribution in [3.63, 3.8) is 0 Å². The molecule has 0 aliphatic rings. The molecule has 2 amide bonds. The van der Waals surface area contributed by atoms with Gasteiger partial charge in [0.2, 0.25) is 0 Å². The largest absolute Gasteiger partial charge is 0.443 e. The number of amides is 2. The number of imide groups is 1. The summed E-state index contributed by atoms with van der Waals surface area (Å²) >= 11 is 3.44. The molecule has 168 valence electrons. The van der Waals surface area contributed by atoms with Crippen LogP contribution < -0.4 is 4.90 Å². The average molecular weight is 493 g/mol. The SMILES string of the molecule is CC(C)(C)OC(=O)N(C(=O)OC(C)(C)C)c1ccc(Br)c(COCc2ccccc2)n1. The van der Waals surface area contributed by atoms with E-state index in [-0.39, 0.29) is 12.4 Å². The highest BCUT2D eigenvalue weighted by atomic mass is 79.9. The van der Waals surface area contributed by atoms with Gasteiger partial charge in [-0.25, -0.2) is 14.6 Å². The molecular formula is C23H29BrN2O5. The first-order valence-corrected chi connectivity index (χ1v) is 10.7. The molecule has 0 unspecified atom stereocenters. The summed E-state index contributed by atoms with van der Waals surface area (Å²) in [5, 5.41) is 0. The molecule has 0 N–H and O–H groups in total. The number of pyridine rings is 1. The third kappa shape index (κ3) is 8.30. The van der Waals surface area contributed by atoms with Crippen LogP contribution in [0.1, 0.15) is 52.8 Å². The van der Waals surface area contributed by atoms with Crippen LogP contribution in [-0.2, 0) is 27.4 Å². The number of halogens is 1. The maximum Gasteiger partial charge on any atom is 0.425 e. The molecule has 0 saturated carbocycles. The zero-order chi connectivity index (χ0) is 23.2. The fourth-order valence-corrected chi connectivity index (χ4v) is 2.75. The van der Waals surface area contributed by atoms with Gasteiger partial charge in [-0.3, -0.25) is 0 Å². The third-order valence-corrected chi connectivity index (χ3v) is 4.36. The number of benzene rings is 1. The second-order valence-corrected chi connectivity index (χ2v) is 9.73. The van der Waals surface area contributed by atoms with Gasteiger partial charge in [-0.15, -0.1) is 0 Å². The highest BCUT2D eigenvalue weighted by Crippen LogP contribution is 2.24. The Kier molecular flexibility index (Phi) is 8.20. The lowest BCUT2D eigenvalue weighted by Gasteiger charge is -2.28. The van der Waals surface area contributed by atoms with E-state index in [4.69, 9.17) is 14.2 Å². The fourth-order valence-electron chi connectivity index (χ4n) is 2.42. The number of hydrogen-bond acceptors (Lipinski definition) is 6. The van der Waals surface area contributed by atoms with Gasteiger partial charge in [0, 0.05) is 4.47 Å². The number of rotatable bonds is 5. The molecule has 1 heterocycles. The fraction of sp³-hybridized carbons (Fsp3) is 0.435. The minimum absolute atomic E-state index is 0.0880. The van der Waals surface area contributed by atoms with E-state index in [1.54, 1.807) is 53.7 Å². The molecule has 0 saturated heterocycles. The van der Waals surface area contributed by atoms with E-state index < -0.39 is 23.4 Å². The molecule has 8 heteroatoms. The number of aromatic nitrogens is 1. The maximum absolute atomic E-state index is 12.8. The monoisotopic (exact) mass is 492 g/mol. The normalized spacial score (nSPS) is 11.7. The predicted octanol–water partition coefficient (Wildman–Crippen LogP) is 6.24. The predicted molar refractivity (Wildman–Crippen MR) is 122 cm³/mol. The Balaban J connectivity index is 2.26. The zero-order valence-corrected chi connectivity index (χ0v) is 20.4. The van der Waals surface area contributed by atoms with Crippen molar-refractivity contribution in [3.05, 3.63) is 58.2 Å². The zero-order valence-electron chi connectivity index (χ0n) is 18.8. The van der Waals surface area contributed by atoms with Crippen LogP contribution in [0.4, 0.5) is 15.4 Å². The molecule has 31 heavy (non-hydrogen) atoms. The Bertz CT molecular complexity index is 876. The number of nitrogens with zero attached hydrogens (tertiary/aromatic N) is 2. The number of carbonyl (C=O) groups is 2.